The van der Waals surface area contributed by atoms with Crippen molar-refractivity contribution in [1.82, 2.24) is 10.2 Å². The molecule has 0 aliphatic carbocycles. The Hall–Kier alpha value is -1.39. The Morgan fingerprint density at radius 1 is 1.25 bits per heavy atom. The molecule has 0 spiro atoms. The van der Waals surface area contributed by atoms with E-state index in [9.17, 15) is 4.79 Å². The molecular formula is C16H25N3O. The van der Waals surface area contributed by atoms with Crippen molar-refractivity contribution >= 4 is 5.91 Å². The lowest BCUT2D eigenvalue weighted by atomic mass is 9.87. The number of piperazine rings is 1. The number of hydrogen-bond acceptors (Lipinski definition) is 3. The Morgan fingerprint density at radius 3 is 2.25 bits per heavy atom. The Labute approximate surface area is 121 Å². The second kappa shape index (κ2) is 5.94. The summed E-state index contributed by atoms with van der Waals surface area (Å²) < 4.78 is 0. The molecule has 0 radical (unpaired) electrons. The summed E-state index contributed by atoms with van der Waals surface area (Å²) in [5.74, 6) is 0.208. The molecule has 4 nitrogen and oxygen atoms in total. The van der Waals surface area contributed by atoms with Crippen LogP contribution in [0.15, 0.2) is 24.3 Å². The predicted molar refractivity (Wildman–Crippen MR) is 81.5 cm³/mol. The quantitative estimate of drug-likeness (QED) is 0.873. The molecule has 0 saturated carbocycles. The first-order valence-electron chi connectivity index (χ1n) is 7.32. The Bertz CT molecular complexity index is 463. The van der Waals surface area contributed by atoms with Crippen molar-refractivity contribution in [3.63, 3.8) is 0 Å². The minimum atomic E-state index is -0.725. The summed E-state index contributed by atoms with van der Waals surface area (Å²) in [4.78, 5) is 14.3. The molecular weight excluding hydrogens is 250 g/mol. The highest BCUT2D eigenvalue weighted by Crippen LogP contribution is 2.29. The van der Waals surface area contributed by atoms with E-state index in [-0.39, 0.29) is 5.91 Å². The monoisotopic (exact) mass is 275 g/mol. The van der Waals surface area contributed by atoms with Gasteiger partial charge in [-0.2, -0.15) is 0 Å². The molecule has 1 unspecified atom stereocenters. The first-order chi connectivity index (χ1) is 9.46. The number of nitrogens with zero attached hydrogens (tertiary/aromatic N) is 1. The van der Waals surface area contributed by atoms with E-state index in [1.54, 1.807) is 0 Å². The van der Waals surface area contributed by atoms with Crippen LogP contribution in [0.5, 0.6) is 0 Å². The van der Waals surface area contributed by atoms with E-state index < -0.39 is 5.54 Å². The zero-order chi connectivity index (χ0) is 14.8. The lowest BCUT2D eigenvalue weighted by Gasteiger charge is -2.41. The molecule has 1 heterocycles. The number of rotatable bonds is 4. The molecule has 1 aliphatic heterocycles. The predicted octanol–water partition coefficient (Wildman–Crippen LogP) is 1.42. The van der Waals surface area contributed by atoms with Crippen LogP contribution in [0.3, 0.4) is 0 Å². The summed E-state index contributed by atoms with van der Waals surface area (Å²) in [6, 6.07) is 8.29. The highest BCUT2D eigenvalue weighted by atomic mass is 16.1. The molecule has 2 rings (SSSR count). The maximum Gasteiger partial charge on any atom is 0.242 e. The molecule has 1 aromatic carbocycles. The Kier molecular flexibility index (Phi) is 4.45. The van der Waals surface area contributed by atoms with Gasteiger partial charge in [-0.25, -0.2) is 0 Å². The van der Waals surface area contributed by atoms with E-state index >= 15 is 0 Å². The van der Waals surface area contributed by atoms with Crippen molar-refractivity contribution < 1.29 is 4.79 Å². The molecule has 1 saturated heterocycles. The maximum absolute atomic E-state index is 12.1. The molecule has 1 fully saturated rings. The molecule has 20 heavy (non-hydrogen) atoms. The van der Waals surface area contributed by atoms with Gasteiger partial charge in [0.25, 0.3) is 0 Å². The Morgan fingerprint density at radius 2 is 1.80 bits per heavy atom. The van der Waals surface area contributed by atoms with E-state index in [1.165, 1.54) is 5.56 Å². The second-order valence-electron chi connectivity index (χ2n) is 5.95. The number of amides is 1. The lowest BCUT2D eigenvalue weighted by molar-refractivity contribution is -0.130. The fourth-order valence-electron chi connectivity index (χ4n) is 2.79. The summed E-state index contributed by atoms with van der Waals surface area (Å²) in [7, 11) is 0. The number of nitrogens with two attached hydrogens (primary N) is 1. The van der Waals surface area contributed by atoms with Gasteiger partial charge in [0.15, 0.2) is 0 Å². The van der Waals surface area contributed by atoms with E-state index in [2.05, 4.69) is 36.2 Å². The molecule has 0 aromatic heterocycles. The average Bonchev–Trinajstić information content (AvgIpc) is 2.47. The number of primary amides is 1. The first-order valence-corrected chi connectivity index (χ1v) is 7.32. The minimum Gasteiger partial charge on any atom is -0.368 e. The van der Waals surface area contributed by atoms with Gasteiger partial charge < -0.3 is 11.1 Å². The third-order valence-corrected chi connectivity index (χ3v) is 4.37. The van der Waals surface area contributed by atoms with Gasteiger partial charge in [-0.15, -0.1) is 0 Å². The van der Waals surface area contributed by atoms with Crippen LogP contribution in [0.4, 0.5) is 0 Å². The maximum atomic E-state index is 12.1. The molecule has 4 heteroatoms. The lowest BCUT2D eigenvalue weighted by Crippen LogP contribution is -2.58. The number of carbonyl (C=O) groups is 1. The first kappa shape index (κ1) is 15.0. The van der Waals surface area contributed by atoms with E-state index in [0.717, 1.165) is 31.7 Å². The van der Waals surface area contributed by atoms with E-state index in [1.807, 2.05) is 19.1 Å². The zero-order valence-electron chi connectivity index (χ0n) is 12.6. The molecule has 1 atom stereocenters. The highest BCUT2D eigenvalue weighted by molar-refractivity contribution is 5.85. The van der Waals surface area contributed by atoms with Crippen LogP contribution in [-0.4, -0.2) is 37.0 Å². The smallest absolute Gasteiger partial charge is 0.242 e. The van der Waals surface area contributed by atoms with Gasteiger partial charge in [-0.1, -0.05) is 38.1 Å². The zero-order valence-corrected chi connectivity index (χ0v) is 12.6. The van der Waals surface area contributed by atoms with Crippen molar-refractivity contribution in [2.45, 2.75) is 32.2 Å². The number of hydrogen-bond donors (Lipinski definition) is 2. The van der Waals surface area contributed by atoms with Gasteiger partial charge in [0.2, 0.25) is 5.91 Å². The molecule has 1 aliphatic rings. The summed E-state index contributed by atoms with van der Waals surface area (Å²) in [5, 5.41) is 3.31. The topological polar surface area (TPSA) is 58.4 Å². The van der Waals surface area contributed by atoms with Crippen molar-refractivity contribution in [1.29, 1.82) is 0 Å². The molecule has 0 bridgehead atoms. The van der Waals surface area contributed by atoms with Crippen molar-refractivity contribution in [3.8, 4) is 0 Å². The third-order valence-electron chi connectivity index (χ3n) is 4.37. The van der Waals surface area contributed by atoms with Crippen LogP contribution < -0.4 is 11.1 Å². The van der Waals surface area contributed by atoms with Crippen LogP contribution >= 0.6 is 0 Å². The molecule has 1 amide bonds. The van der Waals surface area contributed by atoms with E-state index in [0.29, 0.717) is 5.92 Å². The van der Waals surface area contributed by atoms with Gasteiger partial charge in [0.1, 0.15) is 5.54 Å². The van der Waals surface area contributed by atoms with Gasteiger partial charge in [0.05, 0.1) is 0 Å². The van der Waals surface area contributed by atoms with Gasteiger partial charge >= 0.3 is 0 Å². The summed E-state index contributed by atoms with van der Waals surface area (Å²) in [6.45, 7) is 9.73. The summed E-state index contributed by atoms with van der Waals surface area (Å²) in [5.41, 5.74) is 7.27. The summed E-state index contributed by atoms with van der Waals surface area (Å²) >= 11 is 0. The number of nitrogens with one attached hydrogen (secondary N) is 1. The largest absolute Gasteiger partial charge is 0.368 e. The van der Waals surface area contributed by atoms with Crippen LogP contribution in [0.1, 0.15) is 37.8 Å². The number of benzene rings is 1. The molecule has 110 valence electrons. The van der Waals surface area contributed by atoms with Crippen LogP contribution in [-0.2, 0) is 10.3 Å². The summed E-state index contributed by atoms with van der Waals surface area (Å²) in [6.07, 6.45) is 0. The third kappa shape index (κ3) is 2.72. The van der Waals surface area contributed by atoms with Crippen molar-refractivity contribution in [2.24, 2.45) is 5.73 Å². The van der Waals surface area contributed by atoms with Gasteiger partial charge in [-0.3, -0.25) is 9.69 Å². The minimum absolute atomic E-state index is 0.281. The molecule has 3 N–H and O–H groups in total. The fourth-order valence-corrected chi connectivity index (χ4v) is 2.79. The van der Waals surface area contributed by atoms with Crippen molar-refractivity contribution in [2.75, 3.05) is 26.2 Å². The highest BCUT2D eigenvalue weighted by Gasteiger charge is 2.39. The van der Waals surface area contributed by atoms with Crippen LogP contribution in [0, 0.1) is 0 Å². The fraction of sp³-hybridized carbons (Fsp3) is 0.562. The second-order valence-corrected chi connectivity index (χ2v) is 5.95. The Balaban J connectivity index is 2.34. The van der Waals surface area contributed by atoms with Crippen molar-refractivity contribution in [3.05, 3.63) is 35.4 Å². The van der Waals surface area contributed by atoms with E-state index in [4.69, 9.17) is 5.73 Å². The van der Waals surface area contributed by atoms with Crippen LogP contribution in [0.25, 0.3) is 0 Å². The standard InChI is InChI=1S/C16H25N3O/c1-12(2)13-4-6-14(7-5-13)16(3,15(17)20)19-10-8-18-9-11-19/h4-7,12,18H,8-11H2,1-3H3,(H2,17,20). The van der Waals surface area contributed by atoms with Gasteiger partial charge in [-0.05, 0) is 24.0 Å². The molecule has 1 aromatic rings. The van der Waals surface area contributed by atoms with Crippen LogP contribution in [0.2, 0.25) is 0 Å². The normalized spacial score (nSPS) is 19.8. The van der Waals surface area contributed by atoms with Gasteiger partial charge in [0, 0.05) is 26.2 Å². The average molecular weight is 275 g/mol. The SMILES string of the molecule is CC(C)c1ccc(C(C)(C(N)=O)N2CCNCC2)cc1. The number of carbonyl (C=O) groups excluding carboxylic acids is 1.